The molecule has 8 heteroatoms. The van der Waals surface area contributed by atoms with E-state index in [0.717, 1.165) is 27.1 Å². The van der Waals surface area contributed by atoms with Gasteiger partial charge in [-0.25, -0.2) is 4.98 Å². The van der Waals surface area contributed by atoms with Crippen LogP contribution in [0.15, 0.2) is 28.7 Å². The van der Waals surface area contributed by atoms with E-state index in [0.29, 0.717) is 5.78 Å². The number of amides is 1. The second-order valence-corrected chi connectivity index (χ2v) is 6.09. The Morgan fingerprint density at radius 2 is 1.96 bits per heavy atom. The molecule has 23 heavy (non-hydrogen) atoms. The molecule has 0 aliphatic carbocycles. The average molecular weight is 375 g/mol. The maximum Gasteiger partial charge on any atom is 0.254 e. The molecule has 0 aliphatic rings. The van der Waals surface area contributed by atoms with Crippen molar-refractivity contribution in [2.24, 2.45) is 0 Å². The molecule has 3 rings (SSSR count). The smallest absolute Gasteiger partial charge is 0.254 e. The van der Waals surface area contributed by atoms with Crippen LogP contribution in [0.5, 0.6) is 0 Å². The standard InChI is InChI=1S/C15H15BrN6O/c1-8-12(9(2)22-15(18-8)20-14(17)21-22)7-13(23)19-11-5-3-10(16)4-6-11/h3-6H,7H2,1-2H3,(H2,17,21)(H,19,23). The van der Waals surface area contributed by atoms with Gasteiger partial charge in [-0.15, -0.1) is 5.10 Å². The van der Waals surface area contributed by atoms with Crippen molar-refractivity contribution in [2.75, 3.05) is 11.1 Å². The lowest BCUT2D eigenvalue weighted by molar-refractivity contribution is -0.115. The summed E-state index contributed by atoms with van der Waals surface area (Å²) < 4.78 is 2.52. The molecule has 1 aromatic carbocycles. The molecule has 3 aromatic rings. The van der Waals surface area contributed by atoms with Crippen molar-refractivity contribution >= 4 is 39.3 Å². The van der Waals surface area contributed by atoms with Gasteiger partial charge in [0.05, 0.1) is 6.42 Å². The predicted octanol–water partition coefficient (Wildman–Crippen LogP) is 2.27. The molecular weight excluding hydrogens is 360 g/mol. The molecule has 0 saturated carbocycles. The number of rotatable bonds is 3. The fourth-order valence-electron chi connectivity index (χ4n) is 2.38. The van der Waals surface area contributed by atoms with E-state index in [1.807, 2.05) is 38.1 Å². The fourth-order valence-corrected chi connectivity index (χ4v) is 2.64. The highest BCUT2D eigenvalue weighted by Gasteiger charge is 2.15. The van der Waals surface area contributed by atoms with Gasteiger partial charge < -0.3 is 11.1 Å². The lowest BCUT2D eigenvalue weighted by Gasteiger charge is -2.10. The van der Waals surface area contributed by atoms with Gasteiger partial charge >= 0.3 is 0 Å². The summed E-state index contributed by atoms with van der Waals surface area (Å²) in [6, 6.07) is 7.42. The van der Waals surface area contributed by atoms with E-state index in [1.54, 1.807) is 4.52 Å². The molecule has 7 nitrogen and oxygen atoms in total. The van der Waals surface area contributed by atoms with Gasteiger partial charge in [0.2, 0.25) is 11.9 Å². The number of hydrogen-bond donors (Lipinski definition) is 2. The van der Waals surface area contributed by atoms with E-state index in [1.165, 1.54) is 0 Å². The molecule has 3 N–H and O–H groups in total. The molecule has 2 heterocycles. The van der Waals surface area contributed by atoms with Crippen molar-refractivity contribution in [3.8, 4) is 0 Å². The van der Waals surface area contributed by atoms with E-state index < -0.39 is 0 Å². The number of benzene rings is 1. The first-order valence-electron chi connectivity index (χ1n) is 6.98. The Kier molecular flexibility index (Phi) is 3.99. The van der Waals surface area contributed by atoms with Gasteiger partial charge in [0, 0.05) is 27.1 Å². The summed E-state index contributed by atoms with van der Waals surface area (Å²) in [5, 5.41) is 6.97. The first-order valence-corrected chi connectivity index (χ1v) is 7.77. The number of carbonyl (C=O) groups excluding carboxylic acids is 1. The van der Waals surface area contributed by atoms with Crippen LogP contribution in [0.4, 0.5) is 11.6 Å². The number of fused-ring (bicyclic) bond motifs is 1. The number of hydrogen-bond acceptors (Lipinski definition) is 5. The van der Waals surface area contributed by atoms with Crippen molar-refractivity contribution in [1.82, 2.24) is 19.6 Å². The number of nitrogens with two attached hydrogens (primary N) is 1. The van der Waals surface area contributed by atoms with E-state index in [-0.39, 0.29) is 18.3 Å². The Bertz CT molecular complexity index is 887. The molecular formula is C15H15BrN6O. The van der Waals surface area contributed by atoms with Crippen molar-refractivity contribution in [1.29, 1.82) is 0 Å². The second-order valence-electron chi connectivity index (χ2n) is 5.17. The van der Waals surface area contributed by atoms with Crippen molar-refractivity contribution in [3.05, 3.63) is 45.7 Å². The lowest BCUT2D eigenvalue weighted by Crippen LogP contribution is -2.17. The number of nitrogens with zero attached hydrogens (tertiary/aromatic N) is 4. The molecule has 1 amide bonds. The van der Waals surface area contributed by atoms with Crippen molar-refractivity contribution in [3.63, 3.8) is 0 Å². The second kappa shape index (κ2) is 5.96. The SMILES string of the molecule is Cc1nc2nc(N)nn2c(C)c1CC(=O)Nc1ccc(Br)cc1. The van der Waals surface area contributed by atoms with E-state index in [2.05, 4.69) is 36.3 Å². The molecule has 118 valence electrons. The summed E-state index contributed by atoms with van der Waals surface area (Å²) in [6.07, 6.45) is 0.205. The zero-order chi connectivity index (χ0) is 16.6. The van der Waals surface area contributed by atoms with Gasteiger partial charge in [-0.1, -0.05) is 15.9 Å². The number of anilines is 2. The van der Waals surface area contributed by atoms with Crippen LogP contribution in [0.3, 0.4) is 0 Å². The first-order chi connectivity index (χ1) is 10.9. The number of nitrogens with one attached hydrogen (secondary N) is 1. The minimum Gasteiger partial charge on any atom is -0.366 e. The van der Waals surface area contributed by atoms with Gasteiger partial charge in [0.1, 0.15) is 0 Å². The van der Waals surface area contributed by atoms with Crippen molar-refractivity contribution < 1.29 is 4.79 Å². The molecule has 0 radical (unpaired) electrons. The zero-order valence-corrected chi connectivity index (χ0v) is 14.3. The van der Waals surface area contributed by atoms with Gasteiger partial charge in [-0.3, -0.25) is 4.79 Å². The predicted molar refractivity (Wildman–Crippen MR) is 91.1 cm³/mol. The zero-order valence-electron chi connectivity index (χ0n) is 12.7. The fraction of sp³-hybridized carbons (Fsp3) is 0.200. The Morgan fingerprint density at radius 3 is 2.65 bits per heavy atom. The van der Waals surface area contributed by atoms with E-state index in [4.69, 9.17) is 5.73 Å². The maximum absolute atomic E-state index is 12.3. The Labute approximate surface area is 141 Å². The third kappa shape index (κ3) is 3.16. The van der Waals surface area contributed by atoms with Gasteiger partial charge in [0.15, 0.2) is 0 Å². The highest BCUT2D eigenvalue weighted by Crippen LogP contribution is 2.17. The molecule has 0 saturated heterocycles. The van der Waals surface area contributed by atoms with E-state index in [9.17, 15) is 4.79 Å². The quantitative estimate of drug-likeness (QED) is 0.732. The summed E-state index contributed by atoms with van der Waals surface area (Å²) >= 11 is 3.36. The van der Waals surface area contributed by atoms with Crippen LogP contribution in [0, 0.1) is 13.8 Å². The van der Waals surface area contributed by atoms with Gasteiger partial charge in [-0.05, 0) is 38.1 Å². The van der Waals surface area contributed by atoms with Crippen LogP contribution >= 0.6 is 15.9 Å². The Morgan fingerprint density at radius 1 is 1.26 bits per heavy atom. The van der Waals surface area contributed by atoms with Gasteiger partial charge in [0.25, 0.3) is 5.78 Å². The number of carbonyl (C=O) groups is 1. The molecule has 0 atom stereocenters. The van der Waals surface area contributed by atoms with E-state index >= 15 is 0 Å². The monoisotopic (exact) mass is 374 g/mol. The molecule has 0 fully saturated rings. The Hall–Kier alpha value is -2.48. The average Bonchev–Trinajstić information content (AvgIpc) is 2.86. The third-order valence-corrected chi connectivity index (χ3v) is 4.06. The number of nitrogen functional groups attached to an aromatic ring is 1. The third-order valence-electron chi connectivity index (χ3n) is 3.53. The normalized spacial score (nSPS) is 10.9. The number of aromatic nitrogens is 4. The Balaban J connectivity index is 1.85. The summed E-state index contributed by atoms with van der Waals surface area (Å²) in [5.41, 5.74) is 8.72. The molecule has 0 aliphatic heterocycles. The maximum atomic E-state index is 12.3. The number of aryl methyl sites for hydroxylation is 2. The minimum atomic E-state index is -0.118. The topological polar surface area (TPSA) is 98.2 Å². The van der Waals surface area contributed by atoms with Gasteiger partial charge in [-0.2, -0.15) is 9.50 Å². The summed E-state index contributed by atoms with van der Waals surface area (Å²) in [5.74, 6) is 0.485. The lowest BCUT2D eigenvalue weighted by atomic mass is 10.1. The van der Waals surface area contributed by atoms with Crippen LogP contribution < -0.4 is 11.1 Å². The minimum absolute atomic E-state index is 0.118. The molecule has 0 bridgehead atoms. The summed E-state index contributed by atoms with van der Waals surface area (Å²) in [7, 11) is 0. The molecule has 0 unspecified atom stereocenters. The van der Waals surface area contributed by atoms with Crippen LogP contribution in [-0.4, -0.2) is 25.5 Å². The molecule has 2 aromatic heterocycles. The highest BCUT2D eigenvalue weighted by molar-refractivity contribution is 9.10. The summed E-state index contributed by atoms with van der Waals surface area (Å²) in [4.78, 5) is 20.7. The van der Waals surface area contributed by atoms with Crippen LogP contribution in [0.25, 0.3) is 5.78 Å². The van der Waals surface area contributed by atoms with Crippen LogP contribution in [0.2, 0.25) is 0 Å². The molecule has 0 spiro atoms. The first kappa shape index (κ1) is 15.4. The van der Waals surface area contributed by atoms with Crippen molar-refractivity contribution in [2.45, 2.75) is 20.3 Å². The highest BCUT2D eigenvalue weighted by atomic mass is 79.9. The van der Waals surface area contributed by atoms with Crippen LogP contribution in [0.1, 0.15) is 17.0 Å². The largest absolute Gasteiger partial charge is 0.366 e. The summed E-state index contributed by atoms with van der Waals surface area (Å²) in [6.45, 7) is 3.72. The number of halogens is 1. The van der Waals surface area contributed by atoms with Crippen LogP contribution in [-0.2, 0) is 11.2 Å².